The topological polar surface area (TPSA) is 27.7 Å². The van der Waals surface area contributed by atoms with E-state index in [9.17, 15) is 35.1 Å². The SMILES string of the molecule is CCC1(C(C)(F)F)OC2(F)C(F)(F)OC(F)(F)C2(F)O1. The van der Waals surface area contributed by atoms with E-state index in [2.05, 4.69) is 14.2 Å². The van der Waals surface area contributed by atoms with Crippen molar-refractivity contribution >= 4 is 0 Å². The molecule has 2 aliphatic heterocycles. The van der Waals surface area contributed by atoms with Crippen molar-refractivity contribution in [3.63, 3.8) is 0 Å². The second-order valence-electron chi connectivity index (χ2n) is 4.53. The molecule has 0 aromatic heterocycles. The molecular formula is C9H8F8O3. The van der Waals surface area contributed by atoms with E-state index in [1.54, 1.807) is 0 Å². The smallest absolute Gasteiger partial charge is 0.295 e. The summed E-state index contributed by atoms with van der Waals surface area (Å²) < 4.78 is 117. The van der Waals surface area contributed by atoms with Gasteiger partial charge >= 0.3 is 23.9 Å². The third-order valence-corrected chi connectivity index (χ3v) is 3.16. The molecule has 2 heterocycles. The zero-order valence-corrected chi connectivity index (χ0v) is 9.96. The molecule has 20 heavy (non-hydrogen) atoms. The van der Waals surface area contributed by atoms with Crippen molar-refractivity contribution in [1.82, 2.24) is 0 Å². The molecule has 2 atom stereocenters. The fourth-order valence-electron chi connectivity index (χ4n) is 2.03. The number of halogens is 8. The van der Waals surface area contributed by atoms with Crippen LogP contribution in [0.3, 0.4) is 0 Å². The molecule has 11 heteroatoms. The summed E-state index contributed by atoms with van der Waals surface area (Å²) in [5.74, 6) is -18.3. The van der Waals surface area contributed by atoms with E-state index in [1.165, 1.54) is 0 Å². The fourth-order valence-corrected chi connectivity index (χ4v) is 2.03. The molecule has 2 saturated heterocycles. The highest BCUT2D eigenvalue weighted by atomic mass is 19.3. The van der Waals surface area contributed by atoms with E-state index in [0.29, 0.717) is 0 Å². The molecule has 3 nitrogen and oxygen atoms in total. The van der Waals surface area contributed by atoms with Crippen LogP contribution >= 0.6 is 0 Å². The summed E-state index contributed by atoms with van der Waals surface area (Å²) >= 11 is 0. The number of alkyl halides is 8. The van der Waals surface area contributed by atoms with Crippen LogP contribution in [0.2, 0.25) is 0 Å². The third kappa shape index (κ3) is 1.45. The number of rotatable bonds is 2. The van der Waals surface area contributed by atoms with Crippen LogP contribution in [0.25, 0.3) is 0 Å². The van der Waals surface area contributed by atoms with Gasteiger partial charge in [0.2, 0.25) is 5.79 Å². The summed E-state index contributed by atoms with van der Waals surface area (Å²) in [7, 11) is 0. The lowest BCUT2D eigenvalue weighted by molar-refractivity contribution is -0.434. The first-order valence-electron chi connectivity index (χ1n) is 5.30. The fraction of sp³-hybridized carbons (Fsp3) is 1.00. The monoisotopic (exact) mass is 316 g/mol. The molecule has 0 aromatic rings. The molecule has 0 bridgehead atoms. The Morgan fingerprint density at radius 1 is 0.800 bits per heavy atom. The molecule has 0 N–H and O–H groups in total. The summed E-state index contributed by atoms with van der Waals surface area (Å²) in [5, 5.41) is 0. The number of hydrogen-bond donors (Lipinski definition) is 0. The summed E-state index contributed by atoms with van der Waals surface area (Å²) in [6, 6.07) is 0. The zero-order valence-electron chi connectivity index (χ0n) is 9.96. The normalized spacial score (nSPS) is 46.5. The second-order valence-corrected chi connectivity index (χ2v) is 4.53. The van der Waals surface area contributed by atoms with Crippen molar-refractivity contribution in [3.05, 3.63) is 0 Å². The number of ether oxygens (including phenoxy) is 3. The molecule has 0 spiro atoms. The van der Waals surface area contributed by atoms with Crippen LogP contribution in [0.5, 0.6) is 0 Å². The average Bonchev–Trinajstić information content (AvgIpc) is 2.53. The van der Waals surface area contributed by atoms with E-state index in [1.807, 2.05) is 0 Å². The molecule has 2 fully saturated rings. The van der Waals surface area contributed by atoms with Gasteiger partial charge in [0.1, 0.15) is 0 Å². The Labute approximate surface area is 106 Å². The van der Waals surface area contributed by atoms with Crippen molar-refractivity contribution in [2.75, 3.05) is 0 Å². The van der Waals surface area contributed by atoms with Crippen molar-refractivity contribution in [1.29, 1.82) is 0 Å². The van der Waals surface area contributed by atoms with Gasteiger partial charge in [-0.3, -0.25) is 9.47 Å². The van der Waals surface area contributed by atoms with Crippen LogP contribution in [0.15, 0.2) is 0 Å². The van der Waals surface area contributed by atoms with Gasteiger partial charge in [0.05, 0.1) is 0 Å². The minimum atomic E-state index is -5.52. The molecule has 2 unspecified atom stereocenters. The van der Waals surface area contributed by atoms with Gasteiger partial charge in [-0.25, -0.2) is 13.5 Å². The molecule has 0 amide bonds. The van der Waals surface area contributed by atoms with Crippen LogP contribution in [-0.4, -0.2) is 35.6 Å². The highest BCUT2D eigenvalue weighted by molar-refractivity contribution is 5.12. The van der Waals surface area contributed by atoms with Gasteiger partial charge < -0.3 is 0 Å². The van der Waals surface area contributed by atoms with Crippen molar-refractivity contribution in [3.8, 4) is 0 Å². The summed E-state index contributed by atoms with van der Waals surface area (Å²) in [6.07, 6.45) is -12.1. The van der Waals surface area contributed by atoms with Gasteiger partial charge in [-0.1, -0.05) is 6.92 Å². The quantitative estimate of drug-likeness (QED) is 0.731. The van der Waals surface area contributed by atoms with Crippen molar-refractivity contribution in [2.24, 2.45) is 0 Å². The Morgan fingerprint density at radius 2 is 1.15 bits per heavy atom. The average molecular weight is 316 g/mol. The van der Waals surface area contributed by atoms with Gasteiger partial charge in [-0.2, -0.15) is 26.3 Å². The standard InChI is InChI=1S/C9H8F8O3/c1-3-5(4(2,10)11)18-6(12)7(13,19-5)9(16,17)20-8(6,14)15/h3H2,1-2H3. The zero-order chi connectivity index (χ0) is 15.8. The maximum Gasteiger partial charge on any atom is 0.425 e. The Hall–Kier alpha value is -0.680. The third-order valence-electron chi connectivity index (χ3n) is 3.16. The lowest BCUT2D eigenvalue weighted by Crippen LogP contribution is -2.54. The van der Waals surface area contributed by atoms with Gasteiger partial charge in [-0.05, 0) is 0 Å². The molecule has 0 aliphatic carbocycles. The first-order chi connectivity index (χ1) is 8.68. The number of fused-ring (bicyclic) bond motifs is 1. The Kier molecular flexibility index (Phi) is 2.79. The van der Waals surface area contributed by atoms with E-state index in [-0.39, 0.29) is 6.92 Å². The molecular weight excluding hydrogens is 308 g/mol. The van der Waals surface area contributed by atoms with Crippen LogP contribution < -0.4 is 0 Å². The van der Waals surface area contributed by atoms with E-state index >= 15 is 0 Å². The molecule has 0 saturated carbocycles. The first kappa shape index (κ1) is 15.7. The Morgan fingerprint density at radius 3 is 1.40 bits per heavy atom. The predicted octanol–water partition coefficient (Wildman–Crippen LogP) is 3.34. The highest BCUT2D eigenvalue weighted by Gasteiger charge is 2.97. The van der Waals surface area contributed by atoms with Gasteiger partial charge in [0.15, 0.2) is 0 Å². The van der Waals surface area contributed by atoms with E-state index in [0.717, 1.165) is 6.92 Å². The van der Waals surface area contributed by atoms with Crippen LogP contribution in [-0.2, 0) is 14.2 Å². The maximum absolute atomic E-state index is 14.0. The van der Waals surface area contributed by atoms with Crippen LogP contribution in [0, 0.1) is 0 Å². The van der Waals surface area contributed by atoms with Crippen LogP contribution in [0.1, 0.15) is 20.3 Å². The molecule has 118 valence electrons. The lowest BCUT2D eigenvalue weighted by atomic mass is 10.1. The highest BCUT2D eigenvalue weighted by Crippen LogP contribution is 2.68. The minimum Gasteiger partial charge on any atom is -0.295 e. The number of hydrogen-bond acceptors (Lipinski definition) is 3. The van der Waals surface area contributed by atoms with Gasteiger partial charge in [0, 0.05) is 13.3 Å². The molecule has 2 aliphatic rings. The lowest BCUT2D eigenvalue weighted by Gasteiger charge is -2.34. The van der Waals surface area contributed by atoms with Crippen LogP contribution in [0.4, 0.5) is 35.1 Å². The van der Waals surface area contributed by atoms with Gasteiger partial charge in [-0.15, -0.1) is 0 Å². The van der Waals surface area contributed by atoms with Crippen molar-refractivity contribution in [2.45, 2.75) is 55.9 Å². The molecule has 0 aromatic carbocycles. The largest absolute Gasteiger partial charge is 0.425 e. The van der Waals surface area contributed by atoms with Crippen molar-refractivity contribution < 1.29 is 49.3 Å². The summed E-state index contributed by atoms with van der Waals surface area (Å²) in [6.45, 7) is 0.865. The summed E-state index contributed by atoms with van der Waals surface area (Å²) in [5.41, 5.74) is 0. The minimum absolute atomic E-state index is 0.0292. The predicted molar refractivity (Wildman–Crippen MR) is 44.5 cm³/mol. The van der Waals surface area contributed by atoms with E-state index in [4.69, 9.17) is 0 Å². The maximum atomic E-state index is 14.0. The summed E-state index contributed by atoms with van der Waals surface area (Å²) in [4.78, 5) is 0. The van der Waals surface area contributed by atoms with Gasteiger partial charge in [0.25, 0.3) is 5.92 Å². The second kappa shape index (κ2) is 3.55. The molecule has 0 radical (unpaired) electrons. The Balaban J connectivity index is 2.61. The van der Waals surface area contributed by atoms with E-state index < -0.39 is 42.1 Å². The Bertz CT molecular complexity index is 407. The first-order valence-corrected chi connectivity index (χ1v) is 5.30. The molecule has 2 rings (SSSR count).